The topological polar surface area (TPSA) is 82.1 Å². The molecule has 0 bridgehead atoms. The lowest BCUT2D eigenvalue weighted by molar-refractivity contribution is -0.159. The van der Waals surface area contributed by atoms with E-state index in [-0.39, 0.29) is 26.1 Å². The normalized spacial score (nSPS) is 15.4. The fraction of sp³-hybridized carbons (Fsp3) is 0.579. The van der Waals surface area contributed by atoms with Gasteiger partial charge in [-0.2, -0.15) is 8.78 Å². The number of carbonyl (C=O) groups is 2. The molecule has 1 aromatic carbocycles. The van der Waals surface area contributed by atoms with Gasteiger partial charge in [-0.3, -0.25) is 4.79 Å². The molecule has 162 valence electrons. The third kappa shape index (κ3) is 5.83. The molecule has 2 rings (SSSR count). The van der Waals surface area contributed by atoms with Crippen molar-refractivity contribution in [1.82, 2.24) is 4.90 Å². The van der Waals surface area contributed by atoms with E-state index in [2.05, 4.69) is 5.32 Å². The summed E-state index contributed by atoms with van der Waals surface area (Å²) >= 11 is 0. The summed E-state index contributed by atoms with van der Waals surface area (Å²) in [5.41, 5.74) is -0.983. The van der Waals surface area contributed by atoms with Crippen LogP contribution in [0.15, 0.2) is 18.2 Å². The van der Waals surface area contributed by atoms with Crippen LogP contribution in [0, 0.1) is 5.92 Å². The summed E-state index contributed by atoms with van der Waals surface area (Å²) in [7, 11) is 3.82. The highest BCUT2D eigenvalue weighted by Gasteiger charge is 2.51. The number of nitrogens with zero attached hydrogens (tertiary/aromatic N) is 2. The van der Waals surface area contributed by atoms with Crippen molar-refractivity contribution in [3.63, 3.8) is 0 Å². The Bertz CT molecular complexity index is 725. The number of carbonyl (C=O) groups excluding carboxylic acids is 1. The highest BCUT2D eigenvalue weighted by molar-refractivity contribution is 6.03. The van der Waals surface area contributed by atoms with Gasteiger partial charge in [0, 0.05) is 31.4 Å². The fourth-order valence-electron chi connectivity index (χ4n) is 3.09. The monoisotopic (exact) mass is 417 g/mol. The van der Waals surface area contributed by atoms with Crippen LogP contribution in [0.1, 0.15) is 29.6 Å². The average molecular weight is 417 g/mol. The first-order chi connectivity index (χ1) is 13.6. The summed E-state index contributed by atoms with van der Waals surface area (Å²) in [6.07, 6.45) is 0.598. The first-order valence-corrected chi connectivity index (χ1v) is 9.36. The van der Waals surface area contributed by atoms with E-state index < -0.39 is 40.1 Å². The maximum Gasteiger partial charge on any atom is 0.337 e. The molecule has 0 radical (unpaired) electrons. The van der Waals surface area contributed by atoms with E-state index in [0.29, 0.717) is 12.2 Å². The van der Waals surface area contributed by atoms with Crippen molar-refractivity contribution in [3.05, 3.63) is 23.8 Å². The summed E-state index contributed by atoms with van der Waals surface area (Å²) in [5.74, 6) is -8.92. The van der Waals surface area contributed by atoms with Crippen molar-refractivity contribution in [2.75, 3.05) is 50.8 Å². The molecule has 0 atom stereocenters. The van der Waals surface area contributed by atoms with Crippen molar-refractivity contribution in [1.29, 1.82) is 0 Å². The van der Waals surface area contributed by atoms with Crippen LogP contribution in [-0.4, -0.2) is 68.2 Å². The lowest BCUT2D eigenvalue weighted by Gasteiger charge is -2.30. The van der Waals surface area contributed by atoms with E-state index in [0.717, 1.165) is 25.1 Å². The number of aromatic carboxylic acids is 1. The molecule has 0 spiro atoms. The van der Waals surface area contributed by atoms with Gasteiger partial charge in [0.25, 0.3) is 0 Å². The molecular formula is C19H26F3N3O4. The minimum Gasteiger partial charge on any atom is -0.478 e. The lowest BCUT2D eigenvalue weighted by Crippen LogP contribution is -2.47. The van der Waals surface area contributed by atoms with E-state index >= 15 is 0 Å². The Kier molecular flexibility index (Phi) is 7.86. The van der Waals surface area contributed by atoms with Crippen molar-refractivity contribution in [2.45, 2.75) is 25.2 Å². The molecule has 29 heavy (non-hydrogen) atoms. The number of hydrogen-bond acceptors (Lipinski definition) is 5. The SMILES string of the molecule is CN(C)CCCNc1ccc(C(=O)O)c(N(F)C(=O)C(F)(F)C2CCOCC2)c1. The Morgan fingerprint density at radius 1 is 1.28 bits per heavy atom. The summed E-state index contributed by atoms with van der Waals surface area (Å²) in [6.45, 7) is 1.42. The van der Waals surface area contributed by atoms with Crippen LogP contribution in [0.3, 0.4) is 0 Å². The number of amides is 1. The van der Waals surface area contributed by atoms with Crippen LogP contribution in [-0.2, 0) is 9.53 Å². The Hall–Kier alpha value is -2.33. The first-order valence-electron chi connectivity index (χ1n) is 9.36. The van der Waals surface area contributed by atoms with Crippen LogP contribution in [0.5, 0.6) is 0 Å². The van der Waals surface area contributed by atoms with Crippen LogP contribution in [0.25, 0.3) is 0 Å². The van der Waals surface area contributed by atoms with E-state index in [1.807, 2.05) is 19.0 Å². The molecule has 2 N–H and O–H groups in total. The second-order valence-electron chi connectivity index (χ2n) is 7.22. The smallest absolute Gasteiger partial charge is 0.337 e. The molecular weight excluding hydrogens is 391 g/mol. The molecule has 7 nitrogen and oxygen atoms in total. The van der Waals surface area contributed by atoms with Crippen molar-refractivity contribution in [3.8, 4) is 0 Å². The van der Waals surface area contributed by atoms with Gasteiger partial charge >= 0.3 is 17.8 Å². The second kappa shape index (κ2) is 9.93. The molecule has 0 aromatic heterocycles. The van der Waals surface area contributed by atoms with Crippen LogP contribution in [0.4, 0.5) is 24.6 Å². The highest BCUT2D eigenvalue weighted by atomic mass is 19.3. The maximum atomic E-state index is 14.7. The van der Waals surface area contributed by atoms with Crippen LogP contribution in [0.2, 0.25) is 0 Å². The number of carboxylic acids is 1. The predicted molar refractivity (Wildman–Crippen MR) is 102 cm³/mol. The zero-order valence-electron chi connectivity index (χ0n) is 16.5. The number of rotatable bonds is 9. The lowest BCUT2D eigenvalue weighted by atomic mass is 9.92. The van der Waals surface area contributed by atoms with E-state index in [4.69, 9.17) is 4.74 Å². The van der Waals surface area contributed by atoms with E-state index in [9.17, 15) is 28.0 Å². The minimum absolute atomic E-state index is 0.0621. The Balaban J connectivity index is 2.21. The fourth-order valence-corrected chi connectivity index (χ4v) is 3.09. The van der Waals surface area contributed by atoms with Gasteiger partial charge in [-0.05, 0) is 58.1 Å². The van der Waals surface area contributed by atoms with E-state index in [1.54, 1.807) is 0 Å². The molecule has 10 heteroatoms. The van der Waals surface area contributed by atoms with Gasteiger partial charge in [-0.25, -0.2) is 4.79 Å². The molecule has 0 saturated carbocycles. The number of hydrogen-bond donors (Lipinski definition) is 2. The number of alkyl halides is 2. The number of carboxylic acid groups (broad SMARTS) is 1. The minimum atomic E-state index is -3.97. The number of halogens is 3. The predicted octanol–water partition coefficient (Wildman–Crippen LogP) is 3.03. The standard InChI is InChI=1S/C19H26F3N3O4/c1-24(2)9-3-8-23-14-4-5-15(17(26)27)16(12-14)25(22)18(28)19(20,21)13-6-10-29-11-7-13/h4-5,12-13,23H,3,6-11H2,1-2H3,(H,26,27). The first kappa shape index (κ1) is 23.0. The summed E-state index contributed by atoms with van der Waals surface area (Å²) in [4.78, 5) is 25.6. The molecule has 1 fully saturated rings. The van der Waals surface area contributed by atoms with Crippen molar-refractivity contribution >= 4 is 23.3 Å². The number of ether oxygens (including phenoxy) is 1. The molecule has 1 aliphatic heterocycles. The van der Waals surface area contributed by atoms with Crippen LogP contribution < -0.4 is 10.4 Å². The van der Waals surface area contributed by atoms with Crippen LogP contribution >= 0.6 is 0 Å². The van der Waals surface area contributed by atoms with Gasteiger partial charge in [-0.1, -0.05) is 4.48 Å². The zero-order chi connectivity index (χ0) is 21.6. The van der Waals surface area contributed by atoms with Gasteiger partial charge in [-0.15, -0.1) is 5.12 Å². The van der Waals surface area contributed by atoms with Gasteiger partial charge in [0.05, 0.1) is 11.3 Å². The number of nitrogens with one attached hydrogen (secondary N) is 1. The quantitative estimate of drug-likeness (QED) is 0.475. The van der Waals surface area contributed by atoms with Gasteiger partial charge < -0.3 is 20.1 Å². The maximum absolute atomic E-state index is 14.7. The average Bonchev–Trinajstić information content (AvgIpc) is 2.70. The molecule has 1 saturated heterocycles. The Labute approximate surface area is 167 Å². The number of benzene rings is 1. The van der Waals surface area contributed by atoms with Gasteiger partial charge in [0.15, 0.2) is 0 Å². The zero-order valence-corrected chi connectivity index (χ0v) is 16.5. The molecule has 0 unspecified atom stereocenters. The van der Waals surface area contributed by atoms with Gasteiger partial charge in [0.1, 0.15) is 0 Å². The third-order valence-electron chi connectivity index (χ3n) is 4.75. The molecule has 1 aromatic rings. The van der Waals surface area contributed by atoms with Crippen molar-refractivity contribution < 1.29 is 32.7 Å². The Morgan fingerprint density at radius 2 is 1.93 bits per heavy atom. The summed E-state index contributed by atoms with van der Waals surface area (Å²) < 4.78 is 48.8. The third-order valence-corrected chi connectivity index (χ3v) is 4.75. The largest absolute Gasteiger partial charge is 0.478 e. The van der Waals surface area contributed by atoms with Crippen molar-refractivity contribution in [2.24, 2.45) is 5.92 Å². The summed E-state index contributed by atoms with van der Waals surface area (Å²) in [6, 6.07) is 3.53. The highest BCUT2D eigenvalue weighted by Crippen LogP contribution is 2.37. The second-order valence-corrected chi connectivity index (χ2v) is 7.22. The van der Waals surface area contributed by atoms with E-state index in [1.165, 1.54) is 6.07 Å². The molecule has 1 aliphatic rings. The molecule has 1 amide bonds. The number of anilines is 2. The Morgan fingerprint density at radius 3 is 2.52 bits per heavy atom. The summed E-state index contributed by atoms with van der Waals surface area (Å²) in [5, 5.41) is 11.5. The molecule has 1 heterocycles. The molecule has 0 aliphatic carbocycles. The van der Waals surface area contributed by atoms with Gasteiger partial charge in [0.2, 0.25) is 0 Å².